The van der Waals surface area contributed by atoms with Crippen LogP contribution < -0.4 is 4.74 Å². The highest BCUT2D eigenvalue weighted by atomic mass is 19.1. The summed E-state index contributed by atoms with van der Waals surface area (Å²) in [5, 5.41) is 0. The maximum atomic E-state index is 12.6. The second-order valence-corrected chi connectivity index (χ2v) is 4.24. The predicted molar refractivity (Wildman–Crippen MR) is 57.5 cm³/mol. The van der Waals surface area contributed by atoms with Crippen LogP contribution in [0.2, 0.25) is 0 Å². The summed E-state index contributed by atoms with van der Waals surface area (Å²) in [5.74, 6) is 0.532. The Bertz CT molecular complexity index is 317. The van der Waals surface area contributed by atoms with Crippen LogP contribution in [0.15, 0.2) is 24.3 Å². The van der Waals surface area contributed by atoms with E-state index in [4.69, 9.17) is 4.74 Å². The monoisotopic (exact) mass is 209 g/mol. The number of ether oxygens (including phenoxy) is 1. The molecular formula is C12H16FNO. The fourth-order valence-corrected chi connectivity index (χ4v) is 1.67. The third-order valence-corrected chi connectivity index (χ3v) is 2.72. The molecule has 0 spiro atoms. The van der Waals surface area contributed by atoms with Crippen molar-refractivity contribution in [2.75, 3.05) is 13.1 Å². The Labute approximate surface area is 89.7 Å². The highest BCUT2D eigenvalue weighted by molar-refractivity contribution is 5.22. The molecule has 1 fully saturated rings. The van der Waals surface area contributed by atoms with E-state index in [0.717, 1.165) is 18.8 Å². The van der Waals surface area contributed by atoms with Crippen LogP contribution in [-0.4, -0.2) is 30.1 Å². The molecule has 0 atom stereocenters. The molecule has 3 heteroatoms. The van der Waals surface area contributed by atoms with Gasteiger partial charge in [0.2, 0.25) is 0 Å². The van der Waals surface area contributed by atoms with Gasteiger partial charge in [0.25, 0.3) is 0 Å². The molecule has 1 aromatic rings. The molecule has 0 radical (unpaired) electrons. The first-order chi connectivity index (χ1) is 7.15. The number of rotatable bonds is 3. The Hall–Kier alpha value is -1.09. The fourth-order valence-electron chi connectivity index (χ4n) is 1.67. The van der Waals surface area contributed by atoms with E-state index in [1.54, 1.807) is 12.1 Å². The average Bonchev–Trinajstić information content (AvgIpc) is 2.13. The summed E-state index contributed by atoms with van der Waals surface area (Å²) in [6.07, 6.45) is 0.262. The van der Waals surface area contributed by atoms with Crippen molar-refractivity contribution in [2.45, 2.75) is 26.0 Å². The standard InChI is InChI=1S/C12H16FNO/c1-9(2)14-7-12(8-14)15-11-5-3-10(13)4-6-11/h3-6,9,12H,7-8H2,1-2H3. The number of likely N-dealkylation sites (tertiary alicyclic amines) is 1. The number of halogens is 1. The van der Waals surface area contributed by atoms with Crippen molar-refractivity contribution >= 4 is 0 Å². The van der Waals surface area contributed by atoms with Crippen LogP contribution >= 0.6 is 0 Å². The molecule has 0 aliphatic carbocycles. The first kappa shape index (κ1) is 10.4. The third kappa shape index (κ3) is 2.48. The Morgan fingerprint density at radius 1 is 1.27 bits per heavy atom. The van der Waals surface area contributed by atoms with Crippen molar-refractivity contribution < 1.29 is 9.13 Å². The van der Waals surface area contributed by atoms with E-state index in [1.165, 1.54) is 12.1 Å². The van der Waals surface area contributed by atoms with Crippen LogP contribution in [0.5, 0.6) is 5.75 Å². The summed E-state index contributed by atoms with van der Waals surface area (Å²) in [4.78, 5) is 2.34. The van der Waals surface area contributed by atoms with Crippen LogP contribution in [0.1, 0.15) is 13.8 Å². The molecule has 0 aromatic heterocycles. The molecule has 0 saturated carbocycles. The zero-order chi connectivity index (χ0) is 10.8. The second-order valence-electron chi connectivity index (χ2n) is 4.24. The minimum Gasteiger partial charge on any atom is -0.488 e. The lowest BCUT2D eigenvalue weighted by molar-refractivity contribution is 0.000118. The number of hydrogen-bond donors (Lipinski definition) is 0. The summed E-state index contributed by atoms with van der Waals surface area (Å²) in [5.41, 5.74) is 0. The molecule has 82 valence electrons. The molecule has 1 saturated heterocycles. The number of benzene rings is 1. The molecular weight excluding hydrogens is 193 g/mol. The molecule has 2 nitrogen and oxygen atoms in total. The highest BCUT2D eigenvalue weighted by Gasteiger charge is 2.29. The Kier molecular flexibility index (Phi) is 2.91. The molecule has 0 bridgehead atoms. The Morgan fingerprint density at radius 2 is 1.87 bits per heavy atom. The van der Waals surface area contributed by atoms with Gasteiger partial charge in [0.05, 0.1) is 0 Å². The van der Waals surface area contributed by atoms with Crippen molar-refractivity contribution in [3.8, 4) is 5.75 Å². The van der Waals surface area contributed by atoms with Gasteiger partial charge in [-0.1, -0.05) is 0 Å². The summed E-state index contributed by atoms with van der Waals surface area (Å²) < 4.78 is 18.3. The predicted octanol–water partition coefficient (Wildman–Crippen LogP) is 2.30. The second kappa shape index (κ2) is 4.19. The molecule has 0 amide bonds. The van der Waals surface area contributed by atoms with Gasteiger partial charge >= 0.3 is 0 Å². The van der Waals surface area contributed by atoms with Gasteiger partial charge in [0, 0.05) is 19.1 Å². The van der Waals surface area contributed by atoms with Gasteiger partial charge in [-0.15, -0.1) is 0 Å². The normalized spacial score (nSPS) is 17.9. The van der Waals surface area contributed by atoms with Gasteiger partial charge in [0.15, 0.2) is 0 Å². The maximum absolute atomic E-state index is 12.6. The summed E-state index contributed by atoms with van der Waals surface area (Å²) in [6, 6.07) is 6.78. The molecule has 1 aliphatic rings. The van der Waals surface area contributed by atoms with Crippen LogP contribution in [0, 0.1) is 5.82 Å². The molecule has 2 rings (SSSR count). The van der Waals surface area contributed by atoms with Crippen molar-refractivity contribution in [1.82, 2.24) is 4.90 Å². The topological polar surface area (TPSA) is 12.5 Å². The first-order valence-corrected chi connectivity index (χ1v) is 5.31. The lowest BCUT2D eigenvalue weighted by Crippen LogP contribution is -2.56. The minimum absolute atomic E-state index is 0.222. The van der Waals surface area contributed by atoms with Crippen molar-refractivity contribution in [2.24, 2.45) is 0 Å². The molecule has 1 heterocycles. The number of nitrogens with zero attached hydrogens (tertiary/aromatic N) is 1. The molecule has 15 heavy (non-hydrogen) atoms. The zero-order valence-electron chi connectivity index (χ0n) is 9.11. The SMILES string of the molecule is CC(C)N1CC(Oc2ccc(F)cc2)C1. The van der Waals surface area contributed by atoms with Crippen LogP contribution in [0.25, 0.3) is 0 Å². The highest BCUT2D eigenvalue weighted by Crippen LogP contribution is 2.19. The minimum atomic E-state index is -0.222. The largest absolute Gasteiger partial charge is 0.488 e. The molecule has 0 unspecified atom stereocenters. The van der Waals surface area contributed by atoms with E-state index in [9.17, 15) is 4.39 Å². The smallest absolute Gasteiger partial charge is 0.124 e. The zero-order valence-corrected chi connectivity index (χ0v) is 9.11. The quantitative estimate of drug-likeness (QED) is 0.757. The number of hydrogen-bond acceptors (Lipinski definition) is 2. The van der Waals surface area contributed by atoms with E-state index >= 15 is 0 Å². The fraction of sp³-hybridized carbons (Fsp3) is 0.500. The summed E-state index contributed by atoms with van der Waals surface area (Å²) >= 11 is 0. The average molecular weight is 209 g/mol. The summed E-state index contributed by atoms with van der Waals surface area (Å²) in [6.45, 7) is 6.28. The van der Waals surface area contributed by atoms with Crippen molar-refractivity contribution in [1.29, 1.82) is 0 Å². The van der Waals surface area contributed by atoms with Crippen LogP contribution in [0.4, 0.5) is 4.39 Å². The van der Waals surface area contributed by atoms with E-state index in [2.05, 4.69) is 18.7 Å². The van der Waals surface area contributed by atoms with E-state index in [-0.39, 0.29) is 11.9 Å². The van der Waals surface area contributed by atoms with Gasteiger partial charge < -0.3 is 4.74 Å². The van der Waals surface area contributed by atoms with Crippen LogP contribution in [0.3, 0.4) is 0 Å². The Morgan fingerprint density at radius 3 is 2.40 bits per heavy atom. The van der Waals surface area contributed by atoms with Gasteiger partial charge in [-0.05, 0) is 38.1 Å². The molecule has 1 aliphatic heterocycles. The molecule has 1 aromatic carbocycles. The van der Waals surface area contributed by atoms with Gasteiger partial charge in [-0.3, -0.25) is 4.90 Å². The van der Waals surface area contributed by atoms with Crippen LogP contribution in [-0.2, 0) is 0 Å². The van der Waals surface area contributed by atoms with Crippen molar-refractivity contribution in [3.63, 3.8) is 0 Å². The van der Waals surface area contributed by atoms with Gasteiger partial charge in [0.1, 0.15) is 17.7 Å². The first-order valence-electron chi connectivity index (χ1n) is 5.31. The maximum Gasteiger partial charge on any atom is 0.124 e. The van der Waals surface area contributed by atoms with E-state index in [1.807, 2.05) is 0 Å². The summed E-state index contributed by atoms with van der Waals surface area (Å²) in [7, 11) is 0. The van der Waals surface area contributed by atoms with E-state index < -0.39 is 0 Å². The third-order valence-electron chi connectivity index (χ3n) is 2.72. The van der Waals surface area contributed by atoms with Crippen molar-refractivity contribution in [3.05, 3.63) is 30.1 Å². The molecule has 0 N–H and O–H groups in total. The Balaban J connectivity index is 1.82. The van der Waals surface area contributed by atoms with Gasteiger partial charge in [-0.25, -0.2) is 4.39 Å². The lowest BCUT2D eigenvalue weighted by Gasteiger charge is -2.41. The lowest BCUT2D eigenvalue weighted by atomic mass is 10.1. The van der Waals surface area contributed by atoms with E-state index in [0.29, 0.717) is 6.04 Å². The van der Waals surface area contributed by atoms with Gasteiger partial charge in [-0.2, -0.15) is 0 Å².